The van der Waals surface area contributed by atoms with Crippen molar-refractivity contribution in [3.05, 3.63) is 17.5 Å². The first-order valence-corrected chi connectivity index (χ1v) is 6.65. The number of aromatic nitrogens is 2. The van der Waals surface area contributed by atoms with Crippen molar-refractivity contribution >= 4 is 5.91 Å². The molecule has 0 aliphatic heterocycles. The smallest absolute Gasteiger partial charge is 0.269 e. The Hall–Kier alpha value is -1.36. The van der Waals surface area contributed by atoms with Crippen LogP contribution in [0.1, 0.15) is 49.8 Å². The first-order chi connectivity index (χ1) is 8.62. The standard InChI is InChI=1S/C13H23N3O2/c1-4-10-9-12(16(6-3)15-10)13(18)14-8-7-11(17)5-2/h9,11,17H,4-8H2,1-3H3,(H,14,18). The Labute approximate surface area is 108 Å². The summed E-state index contributed by atoms with van der Waals surface area (Å²) in [4.78, 5) is 12.0. The van der Waals surface area contributed by atoms with Gasteiger partial charge in [-0.2, -0.15) is 5.10 Å². The van der Waals surface area contributed by atoms with Crippen LogP contribution in [0.5, 0.6) is 0 Å². The zero-order valence-corrected chi connectivity index (χ0v) is 11.4. The molecule has 18 heavy (non-hydrogen) atoms. The van der Waals surface area contributed by atoms with Crippen molar-refractivity contribution in [2.24, 2.45) is 0 Å². The predicted octanol–water partition coefficient (Wildman–Crippen LogP) is 1.36. The molecule has 0 aromatic carbocycles. The van der Waals surface area contributed by atoms with Crippen molar-refractivity contribution in [3.63, 3.8) is 0 Å². The van der Waals surface area contributed by atoms with Crippen molar-refractivity contribution in [3.8, 4) is 0 Å². The molecule has 0 saturated carbocycles. The first-order valence-electron chi connectivity index (χ1n) is 6.65. The Balaban J connectivity index is 2.57. The second-order valence-electron chi connectivity index (χ2n) is 4.30. The molecule has 0 fully saturated rings. The van der Waals surface area contributed by atoms with E-state index in [1.54, 1.807) is 4.68 Å². The molecular formula is C13H23N3O2. The molecular weight excluding hydrogens is 230 g/mol. The maximum Gasteiger partial charge on any atom is 0.269 e. The molecule has 1 atom stereocenters. The quantitative estimate of drug-likeness (QED) is 0.771. The van der Waals surface area contributed by atoms with E-state index in [2.05, 4.69) is 10.4 Å². The van der Waals surface area contributed by atoms with Crippen molar-refractivity contribution in [2.75, 3.05) is 6.54 Å². The maximum atomic E-state index is 12.0. The van der Waals surface area contributed by atoms with Gasteiger partial charge in [0.25, 0.3) is 5.91 Å². The topological polar surface area (TPSA) is 67.2 Å². The monoisotopic (exact) mass is 253 g/mol. The van der Waals surface area contributed by atoms with Gasteiger partial charge in [0.1, 0.15) is 5.69 Å². The SMILES string of the molecule is CCc1cc(C(=O)NCCC(O)CC)n(CC)n1. The number of amides is 1. The molecule has 1 aromatic rings. The van der Waals surface area contributed by atoms with Crippen LogP contribution in [-0.4, -0.2) is 33.4 Å². The summed E-state index contributed by atoms with van der Waals surface area (Å²) in [5.41, 5.74) is 1.52. The number of nitrogens with zero attached hydrogens (tertiary/aromatic N) is 2. The summed E-state index contributed by atoms with van der Waals surface area (Å²) in [7, 11) is 0. The highest BCUT2D eigenvalue weighted by molar-refractivity contribution is 5.92. The van der Waals surface area contributed by atoms with E-state index in [9.17, 15) is 9.90 Å². The van der Waals surface area contributed by atoms with Crippen LogP contribution in [-0.2, 0) is 13.0 Å². The fourth-order valence-corrected chi connectivity index (χ4v) is 1.71. The Morgan fingerprint density at radius 3 is 2.78 bits per heavy atom. The molecule has 0 aliphatic carbocycles. The number of carbonyl (C=O) groups is 1. The molecule has 1 rings (SSSR count). The average molecular weight is 253 g/mol. The number of carbonyl (C=O) groups excluding carboxylic acids is 1. The third-order valence-corrected chi connectivity index (χ3v) is 2.96. The lowest BCUT2D eigenvalue weighted by atomic mass is 10.2. The van der Waals surface area contributed by atoms with Gasteiger partial charge in [-0.1, -0.05) is 13.8 Å². The number of rotatable bonds is 7. The number of aliphatic hydroxyl groups excluding tert-OH is 1. The second kappa shape index (κ2) is 7.16. The molecule has 1 aromatic heterocycles. The number of nitrogens with one attached hydrogen (secondary N) is 1. The molecule has 1 heterocycles. The molecule has 0 aliphatic rings. The Bertz CT molecular complexity index is 388. The number of aliphatic hydroxyl groups is 1. The minimum Gasteiger partial charge on any atom is -0.393 e. The predicted molar refractivity (Wildman–Crippen MR) is 70.5 cm³/mol. The summed E-state index contributed by atoms with van der Waals surface area (Å²) in [6, 6.07) is 1.83. The molecule has 1 unspecified atom stereocenters. The highest BCUT2D eigenvalue weighted by Gasteiger charge is 2.13. The number of aryl methyl sites for hydroxylation is 2. The zero-order valence-electron chi connectivity index (χ0n) is 11.4. The normalized spacial score (nSPS) is 12.4. The zero-order chi connectivity index (χ0) is 13.5. The van der Waals surface area contributed by atoms with Gasteiger partial charge in [0.15, 0.2) is 0 Å². The molecule has 0 radical (unpaired) electrons. The van der Waals surface area contributed by atoms with Crippen LogP contribution in [0.2, 0.25) is 0 Å². The molecule has 5 nitrogen and oxygen atoms in total. The Kier molecular flexibility index (Phi) is 5.85. The lowest BCUT2D eigenvalue weighted by Crippen LogP contribution is -2.29. The van der Waals surface area contributed by atoms with E-state index in [1.807, 2.05) is 26.8 Å². The molecule has 5 heteroatoms. The third kappa shape index (κ3) is 3.84. The molecule has 2 N–H and O–H groups in total. The second-order valence-corrected chi connectivity index (χ2v) is 4.30. The van der Waals surface area contributed by atoms with E-state index in [0.717, 1.165) is 12.1 Å². The van der Waals surface area contributed by atoms with Gasteiger partial charge < -0.3 is 10.4 Å². The fourth-order valence-electron chi connectivity index (χ4n) is 1.71. The molecule has 0 spiro atoms. The molecule has 1 amide bonds. The summed E-state index contributed by atoms with van der Waals surface area (Å²) in [5, 5.41) is 16.6. The van der Waals surface area contributed by atoms with E-state index in [0.29, 0.717) is 31.6 Å². The van der Waals surface area contributed by atoms with E-state index >= 15 is 0 Å². The maximum absolute atomic E-state index is 12.0. The van der Waals surface area contributed by atoms with Crippen LogP contribution >= 0.6 is 0 Å². The summed E-state index contributed by atoms with van der Waals surface area (Å²) >= 11 is 0. The molecule has 0 saturated heterocycles. The minimum absolute atomic E-state index is 0.118. The Morgan fingerprint density at radius 2 is 2.22 bits per heavy atom. The van der Waals surface area contributed by atoms with Crippen molar-refractivity contribution < 1.29 is 9.90 Å². The van der Waals surface area contributed by atoms with Gasteiger partial charge in [-0.05, 0) is 32.3 Å². The van der Waals surface area contributed by atoms with Gasteiger partial charge in [-0.15, -0.1) is 0 Å². The van der Waals surface area contributed by atoms with Gasteiger partial charge in [0, 0.05) is 13.1 Å². The van der Waals surface area contributed by atoms with Crippen LogP contribution in [0.25, 0.3) is 0 Å². The highest BCUT2D eigenvalue weighted by Crippen LogP contribution is 2.05. The van der Waals surface area contributed by atoms with Crippen LogP contribution in [0.3, 0.4) is 0 Å². The van der Waals surface area contributed by atoms with Crippen LogP contribution in [0, 0.1) is 0 Å². The van der Waals surface area contributed by atoms with Crippen LogP contribution in [0.15, 0.2) is 6.07 Å². The van der Waals surface area contributed by atoms with E-state index in [-0.39, 0.29) is 12.0 Å². The van der Waals surface area contributed by atoms with Gasteiger partial charge in [-0.25, -0.2) is 0 Å². The van der Waals surface area contributed by atoms with Crippen molar-refractivity contribution in [1.82, 2.24) is 15.1 Å². The Morgan fingerprint density at radius 1 is 1.50 bits per heavy atom. The summed E-state index contributed by atoms with van der Waals surface area (Å²) in [5.74, 6) is -0.118. The highest BCUT2D eigenvalue weighted by atomic mass is 16.3. The summed E-state index contributed by atoms with van der Waals surface area (Å²) in [6.07, 6.45) is 1.78. The van der Waals surface area contributed by atoms with E-state index in [4.69, 9.17) is 0 Å². The van der Waals surface area contributed by atoms with Crippen molar-refractivity contribution in [2.45, 2.75) is 52.7 Å². The minimum atomic E-state index is -0.340. The van der Waals surface area contributed by atoms with Crippen LogP contribution in [0.4, 0.5) is 0 Å². The van der Waals surface area contributed by atoms with E-state index in [1.165, 1.54) is 0 Å². The van der Waals surface area contributed by atoms with E-state index < -0.39 is 0 Å². The third-order valence-electron chi connectivity index (χ3n) is 2.96. The summed E-state index contributed by atoms with van der Waals surface area (Å²) in [6.45, 7) is 7.07. The number of hydrogen-bond donors (Lipinski definition) is 2. The average Bonchev–Trinajstić information content (AvgIpc) is 2.81. The van der Waals surface area contributed by atoms with Gasteiger partial charge in [0.2, 0.25) is 0 Å². The molecule has 102 valence electrons. The first kappa shape index (κ1) is 14.7. The van der Waals surface area contributed by atoms with Gasteiger partial charge >= 0.3 is 0 Å². The number of hydrogen-bond acceptors (Lipinski definition) is 3. The van der Waals surface area contributed by atoms with Gasteiger partial charge in [0.05, 0.1) is 11.8 Å². The summed E-state index contributed by atoms with van der Waals surface area (Å²) < 4.78 is 1.71. The van der Waals surface area contributed by atoms with Gasteiger partial charge in [-0.3, -0.25) is 9.48 Å². The lowest BCUT2D eigenvalue weighted by molar-refractivity contribution is 0.0931. The molecule has 0 bridgehead atoms. The van der Waals surface area contributed by atoms with Crippen molar-refractivity contribution in [1.29, 1.82) is 0 Å². The van der Waals surface area contributed by atoms with Crippen LogP contribution < -0.4 is 5.32 Å². The fraction of sp³-hybridized carbons (Fsp3) is 0.692. The largest absolute Gasteiger partial charge is 0.393 e. The lowest BCUT2D eigenvalue weighted by Gasteiger charge is -2.09.